The van der Waals surface area contributed by atoms with Crippen molar-refractivity contribution in [2.24, 2.45) is 0 Å². The molecule has 0 amide bonds. The molecular formula is C12H12O2S. The molecular weight excluding hydrogens is 208 g/mol. The summed E-state index contributed by atoms with van der Waals surface area (Å²) in [5, 5.41) is 1.21. The van der Waals surface area contributed by atoms with Crippen LogP contribution in [0.4, 0.5) is 0 Å². The van der Waals surface area contributed by atoms with Crippen LogP contribution < -0.4 is 0 Å². The molecule has 3 heteroatoms. The smallest absolute Gasteiger partial charge is 0.303 e. The van der Waals surface area contributed by atoms with E-state index in [1.165, 1.54) is 17.0 Å². The minimum Gasteiger partial charge on any atom is -0.457 e. The van der Waals surface area contributed by atoms with Gasteiger partial charge in [0.05, 0.1) is 0 Å². The highest BCUT2D eigenvalue weighted by atomic mass is 32.1. The number of carbonyl (C=O) groups is 1. The average Bonchev–Trinajstić information content (AvgIpc) is 2.59. The summed E-state index contributed by atoms with van der Waals surface area (Å²) in [6, 6.07) is 10.2. The van der Waals surface area contributed by atoms with Crippen LogP contribution in [0.15, 0.2) is 30.3 Å². The van der Waals surface area contributed by atoms with Gasteiger partial charge < -0.3 is 4.74 Å². The molecule has 0 aliphatic rings. The molecule has 0 saturated carbocycles. The standard InChI is InChI=1S/C12H12O2S/c1-8(14-9(2)13)12-7-10-5-3-4-6-11(10)15-12/h3-8H,1-2H3/t8-/m0/s1. The molecule has 1 aromatic carbocycles. The van der Waals surface area contributed by atoms with Gasteiger partial charge in [0.15, 0.2) is 0 Å². The zero-order chi connectivity index (χ0) is 10.8. The van der Waals surface area contributed by atoms with Crippen LogP contribution in [0.1, 0.15) is 24.8 Å². The van der Waals surface area contributed by atoms with Crippen LogP contribution in [0.5, 0.6) is 0 Å². The first-order valence-corrected chi connectivity index (χ1v) is 5.64. The Morgan fingerprint density at radius 1 is 1.40 bits per heavy atom. The van der Waals surface area contributed by atoms with Gasteiger partial charge in [-0.3, -0.25) is 4.79 Å². The van der Waals surface area contributed by atoms with Gasteiger partial charge >= 0.3 is 5.97 Å². The Bertz CT molecular complexity index is 454. The third-order valence-corrected chi connectivity index (χ3v) is 3.47. The van der Waals surface area contributed by atoms with Gasteiger partial charge in [-0.05, 0) is 24.4 Å². The fourth-order valence-corrected chi connectivity index (χ4v) is 2.56. The van der Waals surface area contributed by atoms with Crippen LogP contribution in [0, 0.1) is 0 Å². The minimum absolute atomic E-state index is 0.153. The minimum atomic E-state index is -0.236. The summed E-state index contributed by atoms with van der Waals surface area (Å²) in [6.07, 6.45) is -0.153. The van der Waals surface area contributed by atoms with Gasteiger partial charge in [-0.15, -0.1) is 11.3 Å². The number of benzene rings is 1. The lowest BCUT2D eigenvalue weighted by atomic mass is 10.2. The molecule has 1 atom stereocenters. The number of esters is 1. The van der Waals surface area contributed by atoms with E-state index in [-0.39, 0.29) is 12.1 Å². The highest BCUT2D eigenvalue weighted by molar-refractivity contribution is 7.19. The molecule has 0 aliphatic carbocycles. The lowest BCUT2D eigenvalue weighted by Gasteiger charge is -2.08. The predicted molar refractivity (Wildman–Crippen MR) is 62.0 cm³/mol. The van der Waals surface area contributed by atoms with Gasteiger partial charge in [0.25, 0.3) is 0 Å². The third-order valence-electron chi connectivity index (χ3n) is 2.19. The zero-order valence-electron chi connectivity index (χ0n) is 8.69. The first-order chi connectivity index (χ1) is 7.16. The van der Waals surface area contributed by atoms with Gasteiger partial charge in [-0.2, -0.15) is 0 Å². The maximum Gasteiger partial charge on any atom is 0.303 e. The predicted octanol–water partition coefficient (Wildman–Crippen LogP) is 3.53. The normalized spacial score (nSPS) is 12.7. The van der Waals surface area contributed by atoms with E-state index in [4.69, 9.17) is 4.74 Å². The molecule has 0 saturated heterocycles. The lowest BCUT2D eigenvalue weighted by Crippen LogP contribution is -2.02. The molecule has 1 heterocycles. The average molecular weight is 220 g/mol. The molecule has 2 nitrogen and oxygen atoms in total. The van der Waals surface area contributed by atoms with Crippen molar-refractivity contribution in [1.82, 2.24) is 0 Å². The largest absolute Gasteiger partial charge is 0.457 e. The summed E-state index contributed by atoms with van der Waals surface area (Å²) in [5.74, 6) is -0.236. The van der Waals surface area contributed by atoms with Crippen molar-refractivity contribution < 1.29 is 9.53 Å². The van der Waals surface area contributed by atoms with Gasteiger partial charge in [-0.1, -0.05) is 18.2 Å². The number of rotatable bonds is 2. The number of hydrogen-bond acceptors (Lipinski definition) is 3. The molecule has 0 aliphatic heterocycles. The van der Waals surface area contributed by atoms with Crippen LogP contribution in [0.3, 0.4) is 0 Å². The highest BCUT2D eigenvalue weighted by Gasteiger charge is 2.11. The van der Waals surface area contributed by atoms with E-state index < -0.39 is 0 Å². The van der Waals surface area contributed by atoms with Gasteiger partial charge in [0.2, 0.25) is 0 Å². The Balaban J connectivity index is 2.32. The highest BCUT2D eigenvalue weighted by Crippen LogP contribution is 2.31. The topological polar surface area (TPSA) is 26.3 Å². The van der Waals surface area contributed by atoms with Crippen molar-refractivity contribution in [2.75, 3.05) is 0 Å². The van der Waals surface area contributed by atoms with Crippen LogP contribution in [0.25, 0.3) is 10.1 Å². The van der Waals surface area contributed by atoms with E-state index in [1.54, 1.807) is 11.3 Å². The third kappa shape index (κ3) is 2.18. The fourth-order valence-electron chi connectivity index (χ4n) is 1.51. The molecule has 2 aromatic rings. The Labute approximate surface area is 92.5 Å². The summed E-state index contributed by atoms with van der Waals surface area (Å²) in [5.41, 5.74) is 0. The van der Waals surface area contributed by atoms with Gasteiger partial charge in [0, 0.05) is 16.5 Å². The van der Waals surface area contributed by atoms with Crippen LogP contribution in [-0.4, -0.2) is 5.97 Å². The Kier molecular flexibility index (Phi) is 2.73. The molecule has 0 spiro atoms. The second-order valence-corrected chi connectivity index (χ2v) is 4.55. The molecule has 0 unspecified atom stereocenters. The van der Waals surface area contributed by atoms with E-state index in [0.29, 0.717) is 0 Å². The summed E-state index contributed by atoms with van der Waals surface area (Å²) >= 11 is 1.67. The zero-order valence-corrected chi connectivity index (χ0v) is 9.51. The van der Waals surface area contributed by atoms with Crippen molar-refractivity contribution in [1.29, 1.82) is 0 Å². The summed E-state index contributed by atoms with van der Waals surface area (Å²) in [7, 11) is 0. The molecule has 0 radical (unpaired) electrons. The number of hydrogen-bond donors (Lipinski definition) is 0. The second kappa shape index (κ2) is 4.03. The van der Waals surface area contributed by atoms with Crippen LogP contribution >= 0.6 is 11.3 Å². The number of ether oxygens (including phenoxy) is 1. The first-order valence-electron chi connectivity index (χ1n) is 4.82. The van der Waals surface area contributed by atoms with Gasteiger partial charge in [-0.25, -0.2) is 0 Å². The summed E-state index contributed by atoms with van der Waals surface area (Å²) < 4.78 is 6.37. The Hall–Kier alpha value is -1.35. The molecule has 1 aromatic heterocycles. The molecule has 15 heavy (non-hydrogen) atoms. The fraction of sp³-hybridized carbons (Fsp3) is 0.250. The van der Waals surface area contributed by atoms with E-state index in [1.807, 2.05) is 19.1 Å². The van der Waals surface area contributed by atoms with Gasteiger partial charge in [0.1, 0.15) is 6.10 Å². The number of thiophene rings is 1. The number of carbonyl (C=O) groups excluding carboxylic acids is 1. The van der Waals surface area contributed by atoms with Crippen molar-refractivity contribution in [3.63, 3.8) is 0 Å². The van der Waals surface area contributed by atoms with Crippen molar-refractivity contribution in [2.45, 2.75) is 20.0 Å². The van der Waals surface area contributed by atoms with E-state index >= 15 is 0 Å². The summed E-state index contributed by atoms with van der Waals surface area (Å²) in [4.78, 5) is 11.9. The molecule has 78 valence electrons. The van der Waals surface area contributed by atoms with Crippen LogP contribution in [0.2, 0.25) is 0 Å². The quantitative estimate of drug-likeness (QED) is 0.724. The van der Waals surface area contributed by atoms with E-state index in [9.17, 15) is 4.79 Å². The van der Waals surface area contributed by atoms with E-state index in [0.717, 1.165) is 4.88 Å². The number of fused-ring (bicyclic) bond motifs is 1. The molecule has 0 bridgehead atoms. The Morgan fingerprint density at radius 3 is 2.80 bits per heavy atom. The Morgan fingerprint density at radius 2 is 2.13 bits per heavy atom. The molecule has 0 fully saturated rings. The van der Waals surface area contributed by atoms with Crippen molar-refractivity contribution >= 4 is 27.4 Å². The SMILES string of the molecule is CC(=O)O[C@@H](C)c1cc2ccccc2s1. The lowest BCUT2D eigenvalue weighted by molar-refractivity contribution is -0.145. The monoisotopic (exact) mass is 220 g/mol. The van der Waals surface area contributed by atoms with Crippen molar-refractivity contribution in [3.8, 4) is 0 Å². The van der Waals surface area contributed by atoms with Crippen LogP contribution in [-0.2, 0) is 9.53 Å². The summed E-state index contributed by atoms with van der Waals surface area (Å²) in [6.45, 7) is 3.33. The maximum atomic E-state index is 10.8. The molecule has 2 rings (SSSR count). The second-order valence-electron chi connectivity index (χ2n) is 3.44. The van der Waals surface area contributed by atoms with E-state index in [2.05, 4.69) is 18.2 Å². The molecule has 0 N–H and O–H groups in total. The first kappa shape index (κ1) is 10.2. The van der Waals surface area contributed by atoms with Crippen molar-refractivity contribution in [3.05, 3.63) is 35.2 Å². The maximum absolute atomic E-state index is 10.8.